The Bertz CT molecular complexity index is 719. The predicted octanol–water partition coefficient (Wildman–Crippen LogP) is -0.576. The van der Waals surface area contributed by atoms with Gasteiger partial charge in [-0.2, -0.15) is 11.8 Å². The minimum absolute atomic E-state index is 0.0227. The van der Waals surface area contributed by atoms with Crippen molar-refractivity contribution in [3.05, 3.63) is 0 Å². The second-order valence-electron chi connectivity index (χ2n) is 8.67. The van der Waals surface area contributed by atoms with Gasteiger partial charge in [-0.25, -0.2) is 4.79 Å². The smallest absolute Gasteiger partial charge is 0.326 e. The van der Waals surface area contributed by atoms with E-state index in [1.165, 1.54) is 16.7 Å². The van der Waals surface area contributed by atoms with E-state index < -0.39 is 53.8 Å². The molecular formula is C21H37N5O6S. The number of thioether (sulfide) groups is 1. The number of aliphatic carboxylic acids is 1. The molecule has 0 aromatic rings. The second kappa shape index (κ2) is 14.0. The van der Waals surface area contributed by atoms with Crippen molar-refractivity contribution < 1.29 is 29.1 Å². The molecule has 1 rings (SSSR count). The molecule has 0 aliphatic carbocycles. The molecule has 0 saturated carbocycles. The van der Waals surface area contributed by atoms with Crippen LogP contribution in [0.25, 0.3) is 0 Å². The molecule has 1 saturated heterocycles. The van der Waals surface area contributed by atoms with Gasteiger partial charge in [-0.3, -0.25) is 19.2 Å². The van der Waals surface area contributed by atoms with E-state index in [9.17, 15) is 29.1 Å². The summed E-state index contributed by atoms with van der Waals surface area (Å²) < 4.78 is 0. The molecule has 4 amide bonds. The van der Waals surface area contributed by atoms with Crippen molar-refractivity contribution in [1.82, 2.24) is 15.5 Å². The molecule has 4 unspecified atom stereocenters. The van der Waals surface area contributed by atoms with Crippen LogP contribution in [0.4, 0.5) is 0 Å². The van der Waals surface area contributed by atoms with E-state index in [0.717, 1.165) is 0 Å². The van der Waals surface area contributed by atoms with Crippen LogP contribution >= 0.6 is 11.8 Å². The number of hydrogen-bond donors (Lipinski definition) is 5. The Labute approximate surface area is 198 Å². The number of nitrogens with zero attached hydrogens (tertiary/aromatic N) is 1. The van der Waals surface area contributed by atoms with E-state index in [4.69, 9.17) is 11.5 Å². The average molecular weight is 488 g/mol. The average Bonchev–Trinajstić information content (AvgIpc) is 3.23. The topological polar surface area (TPSA) is 185 Å². The largest absolute Gasteiger partial charge is 0.480 e. The van der Waals surface area contributed by atoms with E-state index in [-0.39, 0.29) is 31.7 Å². The SMILES string of the molecule is CSCCC(N)C(=O)NC(CCC(N)=O)C(=O)N1CCCC1C(=O)NC(CC(C)C)C(=O)O. The standard InChI is InChI=1S/C21H37N5O6S/c1-12(2)11-15(21(31)32)25-19(29)16-5-4-9-26(16)20(30)14(6-7-17(23)27)24-18(28)13(22)8-10-33-3/h12-16H,4-11,22H2,1-3H3,(H2,23,27)(H,24,28)(H,25,29)(H,31,32). The third-order valence-electron chi connectivity index (χ3n) is 5.42. The van der Waals surface area contributed by atoms with E-state index in [1.54, 1.807) is 0 Å². The van der Waals surface area contributed by atoms with Crippen molar-refractivity contribution in [3.63, 3.8) is 0 Å². The van der Waals surface area contributed by atoms with E-state index in [2.05, 4.69) is 10.6 Å². The zero-order valence-electron chi connectivity index (χ0n) is 19.5. The summed E-state index contributed by atoms with van der Waals surface area (Å²) in [5, 5.41) is 14.5. The van der Waals surface area contributed by atoms with Gasteiger partial charge in [0.25, 0.3) is 0 Å². The van der Waals surface area contributed by atoms with Gasteiger partial charge in [0.05, 0.1) is 6.04 Å². The maximum absolute atomic E-state index is 13.3. The third-order valence-corrected chi connectivity index (χ3v) is 6.07. The van der Waals surface area contributed by atoms with Gasteiger partial charge in [-0.1, -0.05) is 13.8 Å². The molecular weight excluding hydrogens is 450 g/mol. The van der Waals surface area contributed by atoms with Crippen molar-refractivity contribution in [3.8, 4) is 0 Å². The summed E-state index contributed by atoms with van der Waals surface area (Å²) in [6.07, 6.45) is 3.34. The quantitative estimate of drug-likeness (QED) is 0.215. The number of carbonyl (C=O) groups is 5. The first-order valence-corrected chi connectivity index (χ1v) is 12.5. The molecule has 4 atom stereocenters. The molecule has 33 heavy (non-hydrogen) atoms. The van der Waals surface area contributed by atoms with Crippen LogP contribution in [0.3, 0.4) is 0 Å². The monoisotopic (exact) mass is 487 g/mol. The molecule has 1 aliphatic rings. The highest BCUT2D eigenvalue weighted by molar-refractivity contribution is 7.98. The van der Waals surface area contributed by atoms with Gasteiger partial charge in [-0.15, -0.1) is 0 Å². The van der Waals surface area contributed by atoms with E-state index in [1.807, 2.05) is 20.1 Å². The summed E-state index contributed by atoms with van der Waals surface area (Å²) in [6.45, 7) is 3.98. The van der Waals surface area contributed by atoms with Crippen LogP contribution in [-0.2, 0) is 24.0 Å². The summed E-state index contributed by atoms with van der Waals surface area (Å²) in [5.41, 5.74) is 11.1. The third kappa shape index (κ3) is 9.58. The summed E-state index contributed by atoms with van der Waals surface area (Å²) in [4.78, 5) is 62.7. The molecule has 0 spiro atoms. The van der Waals surface area contributed by atoms with Crippen LogP contribution in [-0.4, -0.2) is 82.3 Å². The van der Waals surface area contributed by atoms with Crippen LogP contribution in [0.1, 0.15) is 52.4 Å². The number of hydrogen-bond acceptors (Lipinski definition) is 7. The van der Waals surface area contributed by atoms with Gasteiger partial charge in [0, 0.05) is 13.0 Å². The highest BCUT2D eigenvalue weighted by Crippen LogP contribution is 2.20. The molecule has 1 heterocycles. The van der Waals surface area contributed by atoms with Crippen molar-refractivity contribution in [2.24, 2.45) is 17.4 Å². The Kier molecular flexibility index (Phi) is 12.2. The summed E-state index contributed by atoms with van der Waals surface area (Å²) in [7, 11) is 0. The van der Waals surface area contributed by atoms with E-state index in [0.29, 0.717) is 25.0 Å². The molecule has 7 N–H and O–H groups in total. The number of nitrogens with one attached hydrogen (secondary N) is 2. The van der Waals surface area contributed by atoms with Gasteiger partial charge in [0.15, 0.2) is 0 Å². The first-order valence-electron chi connectivity index (χ1n) is 11.1. The Morgan fingerprint density at radius 3 is 2.33 bits per heavy atom. The normalized spacial score (nSPS) is 18.5. The Morgan fingerprint density at radius 2 is 1.79 bits per heavy atom. The number of nitrogens with two attached hydrogens (primary N) is 2. The molecule has 0 aromatic carbocycles. The van der Waals surface area contributed by atoms with Crippen molar-refractivity contribution >= 4 is 41.4 Å². The zero-order chi connectivity index (χ0) is 25.1. The minimum Gasteiger partial charge on any atom is -0.480 e. The number of amides is 4. The van der Waals surface area contributed by atoms with Gasteiger partial charge >= 0.3 is 5.97 Å². The highest BCUT2D eigenvalue weighted by Gasteiger charge is 2.39. The maximum atomic E-state index is 13.3. The number of rotatable bonds is 14. The van der Waals surface area contributed by atoms with Gasteiger partial charge in [-0.05, 0) is 50.0 Å². The molecule has 1 aliphatic heterocycles. The number of carbonyl (C=O) groups excluding carboxylic acids is 4. The fourth-order valence-corrected chi connectivity index (χ4v) is 4.15. The highest BCUT2D eigenvalue weighted by atomic mass is 32.2. The van der Waals surface area contributed by atoms with Crippen molar-refractivity contribution in [2.75, 3.05) is 18.6 Å². The predicted molar refractivity (Wildman–Crippen MR) is 125 cm³/mol. The lowest BCUT2D eigenvalue weighted by Crippen LogP contribution is -2.57. The molecule has 11 nitrogen and oxygen atoms in total. The fraction of sp³-hybridized carbons (Fsp3) is 0.762. The summed E-state index contributed by atoms with van der Waals surface area (Å²) >= 11 is 1.54. The first kappa shape index (κ1) is 28.7. The lowest BCUT2D eigenvalue weighted by atomic mass is 10.0. The fourth-order valence-electron chi connectivity index (χ4n) is 3.66. The second-order valence-corrected chi connectivity index (χ2v) is 9.66. The van der Waals surface area contributed by atoms with E-state index >= 15 is 0 Å². The number of carboxylic acids is 1. The molecule has 0 radical (unpaired) electrons. The van der Waals surface area contributed by atoms with Crippen molar-refractivity contribution in [1.29, 1.82) is 0 Å². The van der Waals surface area contributed by atoms with Crippen LogP contribution in [0, 0.1) is 5.92 Å². The van der Waals surface area contributed by atoms with Crippen LogP contribution in [0.5, 0.6) is 0 Å². The van der Waals surface area contributed by atoms with Gasteiger partial charge in [0.1, 0.15) is 18.1 Å². The summed E-state index contributed by atoms with van der Waals surface area (Å²) in [5.74, 6) is -2.63. The van der Waals surface area contributed by atoms with Gasteiger partial charge < -0.3 is 32.1 Å². The maximum Gasteiger partial charge on any atom is 0.326 e. The minimum atomic E-state index is -1.14. The zero-order valence-corrected chi connectivity index (χ0v) is 20.4. The molecule has 188 valence electrons. The lowest BCUT2D eigenvalue weighted by Gasteiger charge is -2.30. The first-order chi connectivity index (χ1) is 15.5. The number of likely N-dealkylation sites (tertiary alicyclic amines) is 1. The number of primary amides is 1. The van der Waals surface area contributed by atoms with Gasteiger partial charge in [0.2, 0.25) is 23.6 Å². The Balaban J connectivity index is 2.95. The summed E-state index contributed by atoms with van der Waals surface area (Å²) in [6, 6.07) is -3.80. The van der Waals surface area contributed by atoms with Crippen LogP contribution < -0.4 is 22.1 Å². The Morgan fingerprint density at radius 1 is 1.12 bits per heavy atom. The number of carboxylic acid groups (broad SMARTS) is 1. The molecule has 0 bridgehead atoms. The van der Waals surface area contributed by atoms with Crippen LogP contribution in [0.15, 0.2) is 0 Å². The lowest BCUT2D eigenvalue weighted by molar-refractivity contribution is -0.145. The van der Waals surface area contributed by atoms with Crippen molar-refractivity contribution in [2.45, 2.75) is 76.5 Å². The van der Waals surface area contributed by atoms with Crippen LogP contribution in [0.2, 0.25) is 0 Å². The molecule has 0 aromatic heterocycles. The Hall–Kier alpha value is -2.34. The molecule has 12 heteroatoms. The molecule has 1 fully saturated rings.